The summed E-state index contributed by atoms with van der Waals surface area (Å²) in [5, 5.41) is 6.00. The molecule has 0 radical (unpaired) electrons. The second-order valence-corrected chi connectivity index (χ2v) is 6.73. The van der Waals surface area contributed by atoms with Gasteiger partial charge in [-0.2, -0.15) is 0 Å². The summed E-state index contributed by atoms with van der Waals surface area (Å²) in [4.78, 5) is 17.4. The van der Waals surface area contributed by atoms with E-state index >= 15 is 0 Å². The Morgan fingerprint density at radius 3 is 2.27 bits per heavy atom. The lowest BCUT2D eigenvalue weighted by Crippen LogP contribution is -2.36. The first-order valence-corrected chi connectivity index (χ1v) is 9.73. The number of nitrogens with one attached hydrogen (secondary N) is 2. The second-order valence-electron chi connectivity index (χ2n) is 6.73. The number of nitrogens with zero attached hydrogens (tertiary/aromatic N) is 1. The summed E-state index contributed by atoms with van der Waals surface area (Å²) < 4.78 is 21.3. The van der Waals surface area contributed by atoms with Crippen LogP contribution in [0.5, 0.6) is 17.2 Å². The van der Waals surface area contributed by atoms with Crippen LogP contribution in [0.15, 0.2) is 47.5 Å². The lowest BCUT2D eigenvalue weighted by molar-refractivity contribution is 0.0975. The molecule has 0 aromatic heterocycles. The van der Waals surface area contributed by atoms with E-state index in [0.717, 1.165) is 30.9 Å². The average molecular weight is 413 g/mol. The first-order valence-electron chi connectivity index (χ1n) is 9.73. The molecular formula is C22H27N3O5. The molecule has 2 N–H and O–H groups in total. The van der Waals surface area contributed by atoms with Crippen molar-refractivity contribution >= 4 is 17.6 Å². The second kappa shape index (κ2) is 10.5. The number of methoxy groups -OCH3 is 3. The lowest BCUT2D eigenvalue weighted by Gasteiger charge is -2.14. The van der Waals surface area contributed by atoms with Crippen LogP contribution in [0.1, 0.15) is 23.2 Å². The van der Waals surface area contributed by atoms with Crippen LogP contribution in [0.4, 0.5) is 5.69 Å². The summed E-state index contributed by atoms with van der Waals surface area (Å²) in [6, 6.07) is 12.3. The first kappa shape index (κ1) is 21.4. The van der Waals surface area contributed by atoms with Crippen LogP contribution >= 0.6 is 0 Å². The molecule has 2 aromatic rings. The molecule has 1 atom stereocenters. The van der Waals surface area contributed by atoms with Crippen LogP contribution in [-0.2, 0) is 4.74 Å². The van der Waals surface area contributed by atoms with Gasteiger partial charge >= 0.3 is 0 Å². The van der Waals surface area contributed by atoms with Gasteiger partial charge in [-0.05, 0) is 49.2 Å². The molecule has 8 nitrogen and oxygen atoms in total. The van der Waals surface area contributed by atoms with E-state index in [4.69, 9.17) is 18.9 Å². The van der Waals surface area contributed by atoms with E-state index in [1.807, 2.05) is 24.3 Å². The summed E-state index contributed by atoms with van der Waals surface area (Å²) in [6.45, 7) is 1.21. The number of carbonyl (C=O) groups excluding carboxylic acids is 1. The lowest BCUT2D eigenvalue weighted by atomic mass is 10.2. The van der Waals surface area contributed by atoms with Crippen LogP contribution in [0.25, 0.3) is 0 Å². The Morgan fingerprint density at radius 2 is 1.70 bits per heavy atom. The molecule has 1 heterocycles. The minimum atomic E-state index is -0.334. The molecule has 0 unspecified atom stereocenters. The van der Waals surface area contributed by atoms with E-state index in [9.17, 15) is 4.79 Å². The molecule has 0 bridgehead atoms. The van der Waals surface area contributed by atoms with Gasteiger partial charge in [0.05, 0.1) is 34.0 Å². The Balaban J connectivity index is 1.78. The van der Waals surface area contributed by atoms with Gasteiger partial charge < -0.3 is 24.3 Å². The van der Waals surface area contributed by atoms with Gasteiger partial charge in [-0.25, -0.2) is 4.99 Å². The number of hydrogen-bond acceptors (Lipinski definition) is 6. The third kappa shape index (κ3) is 5.87. The van der Waals surface area contributed by atoms with Crippen molar-refractivity contribution < 1.29 is 23.7 Å². The maximum atomic E-state index is 12.9. The highest BCUT2D eigenvalue weighted by atomic mass is 16.5. The molecule has 1 aliphatic rings. The molecule has 8 heteroatoms. The minimum absolute atomic E-state index is 0.0616. The summed E-state index contributed by atoms with van der Waals surface area (Å²) in [5.74, 6) is 1.80. The van der Waals surface area contributed by atoms with Gasteiger partial charge in [-0.15, -0.1) is 0 Å². The first-order chi connectivity index (χ1) is 14.6. The number of hydrogen-bond donors (Lipinski definition) is 2. The molecule has 1 fully saturated rings. The number of amides is 1. The zero-order valence-electron chi connectivity index (χ0n) is 17.4. The van der Waals surface area contributed by atoms with Crippen molar-refractivity contribution in [1.82, 2.24) is 5.32 Å². The Morgan fingerprint density at radius 1 is 1.03 bits per heavy atom. The smallest absolute Gasteiger partial charge is 0.258 e. The fourth-order valence-electron chi connectivity index (χ4n) is 3.02. The van der Waals surface area contributed by atoms with Crippen LogP contribution < -0.4 is 24.8 Å². The van der Waals surface area contributed by atoms with Crippen molar-refractivity contribution in [1.29, 1.82) is 0 Å². The topological polar surface area (TPSA) is 90.4 Å². The Kier molecular flexibility index (Phi) is 7.51. The molecule has 1 aliphatic heterocycles. The molecule has 2 aromatic carbocycles. The third-order valence-electron chi connectivity index (χ3n) is 4.68. The number of aliphatic imine (C=N–C) groups is 1. The molecule has 1 amide bonds. The quantitative estimate of drug-likeness (QED) is 0.536. The number of carbonyl (C=O) groups is 1. The normalized spacial score (nSPS) is 16.1. The zero-order chi connectivity index (χ0) is 21.3. The van der Waals surface area contributed by atoms with Gasteiger partial charge in [-0.3, -0.25) is 10.1 Å². The number of rotatable bonds is 7. The predicted molar refractivity (Wildman–Crippen MR) is 115 cm³/mol. The summed E-state index contributed by atoms with van der Waals surface area (Å²) in [6.07, 6.45) is 2.05. The summed E-state index contributed by atoms with van der Waals surface area (Å²) >= 11 is 0. The number of guanidine groups is 1. The molecule has 0 spiro atoms. The van der Waals surface area contributed by atoms with Crippen LogP contribution in [0.3, 0.4) is 0 Å². The fourth-order valence-corrected chi connectivity index (χ4v) is 3.02. The zero-order valence-corrected chi connectivity index (χ0v) is 17.4. The highest BCUT2D eigenvalue weighted by Crippen LogP contribution is 2.22. The van der Waals surface area contributed by atoms with Crippen molar-refractivity contribution in [3.63, 3.8) is 0 Å². The van der Waals surface area contributed by atoms with E-state index in [-0.39, 0.29) is 12.0 Å². The van der Waals surface area contributed by atoms with Crippen molar-refractivity contribution in [2.24, 2.45) is 4.99 Å². The van der Waals surface area contributed by atoms with Crippen LogP contribution in [-0.4, -0.2) is 52.5 Å². The molecule has 160 valence electrons. The van der Waals surface area contributed by atoms with E-state index in [0.29, 0.717) is 29.6 Å². The third-order valence-corrected chi connectivity index (χ3v) is 4.68. The molecule has 0 saturated carbocycles. The molecule has 3 rings (SSSR count). The monoisotopic (exact) mass is 413 g/mol. The molecule has 0 aliphatic carbocycles. The standard InChI is InChI=1S/C22H27N3O5/c1-27-17-8-6-16(7-9-17)24-22(23-14-18-5-4-10-30-18)25-21(26)15-11-19(28-2)13-20(12-15)29-3/h6-9,11-13,18H,4-5,10,14H2,1-3H3,(H2,23,24,25,26)/t18-/m0/s1. The van der Waals surface area contributed by atoms with Gasteiger partial charge in [0.2, 0.25) is 5.96 Å². The van der Waals surface area contributed by atoms with Gasteiger partial charge in [0.1, 0.15) is 17.2 Å². The highest BCUT2D eigenvalue weighted by Gasteiger charge is 2.17. The molecular weight excluding hydrogens is 386 g/mol. The van der Waals surface area contributed by atoms with Gasteiger partial charge in [0.25, 0.3) is 5.91 Å². The number of benzene rings is 2. The van der Waals surface area contributed by atoms with Crippen molar-refractivity contribution in [3.8, 4) is 17.2 Å². The van der Waals surface area contributed by atoms with Crippen LogP contribution in [0.2, 0.25) is 0 Å². The van der Waals surface area contributed by atoms with Gasteiger partial charge in [-0.1, -0.05) is 0 Å². The molecule has 1 saturated heterocycles. The highest BCUT2D eigenvalue weighted by molar-refractivity contribution is 6.10. The van der Waals surface area contributed by atoms with Crippen molar-refractivity contribution in [2.45, 2.75) is 18.9 Å². The molecule has 30 heavy (non-hydrogen) atoms. The maximum Gasteiger partial charge on any atom is 0.258 e. The van der Waals surface area contributed by atoms with Crippen molar-refractivity contribution in [3.05, 3.63) is 48.0 Å². The van der Waals surface area contributed by atoms with E-state index in [2.05, 4.69) is 15.6 Å². The van der Waals surface area contributed by atoms with Gasteiger partial charge in [0, 0.05) is 23.9 Å². The van der Waals surface area contributed by atoms with E-state index in [1.54, 1.807) is 25.3 Å². The fraction of sp³-hybridized carbons (Fsp3) is 0.364. The average Bonchev–Trinajstić information content (AvgIpc) is 3.31. The maximum absolute atomic E-state index is 12.9. The van der Waals surface area contributed by atoms with Crippen molar-refractivity contribution in [2.75, 3.05) is 39.8 Å². The van der Waals surface area contributed by atoms with E-state index < -0.39 is 0 Å². The minimum Gasteiger partial charge on any atom is -0.497 e. The number of anilines is 1. The number of ether oxygens (including phenoxy) is 4. The summed E-state index contributed by atoms with van der Waals surface area (Å²) in [7, 11) is 4.69. The van der Waals surface area contributed by atoms with Crippen LogP contribution in [0, 0.1) is 0 Å². The Hall–Kier alpha value is -3.26. The largest absolute Gasteiger partial charge is 0.497 e. The Labute approximate surface area is 176 Å². The Bertz CT molecular complexity index is 855. The summed E-state index contributed by atoms with van der Waals surface area (Å²) in [5.41, 5.74) is 1.16. The van der Waals surface area contributed by atoms with E-state index in [1.165, 1.54) is 14.2 Å². The van der Waals surface area contributed by atoms with Gasteiger partial charge in [0.15, 0.2) is 0 Å². The SMILES string of the molecule is COc1ccc(NC(=NC[C@@H]2CCCO2)NC(=O)c2cc(OC)cc(OC)c2)cc1. The predicted octanol–water partition coefficient (Wildman–Crippen LogP) is 3.09.